The van der Waals surface area contributed by atoms with Gasteiger partial charge < -0.3 is 14.8 Å². The number of rotatable bonds is 2. The van der Waals surface area contributed by atoms with Crippen molar-refractivity contribution in [3.8, 4) is 0 Å². The van der Waals surface area contributed by atoms with Gasteiger partial charge in [-0.2, -0.15) is 0 Å². The number of anilines is 1. The number of halogens is 1. The Hall–Kier alpha value is -1.33. The number of esters is 1. The molecule has 22 heavy (non-hydrogen) atoms. The average molecular weight is 344 g/mol. The van der Waals surface area contributed by atoms with Crippen molar-refractivity contribution >= 4 is 40.7 Å². The number of hydrogen-bond acceptors (Lipinski definition) is 4. The van der Waals surface area contributed by atoms with E-state index in [0.717, 1.165) is 0 Å². The molecule has 122 valence electrons. The Kier molecular flexibility index (Phi) is 5.82. The maximum atomic E-state index is 12.1. The van der Waals surface area contributed by atoms with Crippen LogP contribution in [0.2, 0.25) is 5.02 Å². The van der Waals surface area contributed by atoms with Crippen LogP contribution in [0.5, 0.6) is 0 Å². The SMILES string of the molecule is CC(C)(C)OC(=O)c1cc(NC(=S)OC(C)(C)C)ccc1Cl. The van der Waals surface area contributed by atoms with Crippen LogP contribution in [0.15, 0.2) is 18.2 Å². The lowest BCUT2D eigenvalue weighted by Crippen LogP contribution is -2.27. The zero-order valence-electron chi connectivity index (χ0n) is 13.7. The normalized spacial score (nSPS) is 11.8. The summed E-state index contributed by atoms with van der Waals surface area (Å²) in [4.78, 5) is 12.1. The Labute approximate surface area is 142 Å². The molecule has 0 atom stereocenters. The molecular weight excluding hydrogens is 322 g/mol. The lowest BCUT2D eigenvalue weighted by atomic mass is 10.1. The fourth-order valence-electron chi connectivity index (χ4n) is 1.51. The number of carbonyl (C=O) groups excluding carboxylic acids is 1. The molecule has 0 aromatic heterocycles. The Morgan fingerprint density at radius 1 is 1.09 bits per heavy atom. The van der Waals surface area contributed by atoms with E-state index in [-0.39, 0.29) is 10.7 Å². The monoisotopic (exact) mass is 343 g/mol. The summed E-state index contributed by atoms with van der Waals surface area (Å²) in [5, 5.41) is 3.48. The average Bonchev–Trinajstić information content (AvgIpc) is 2.26. The maximum Gasteiger partial charge on any atom is 0.340 e. The van der Waals surface area contributed by atoms with Crippen molar-refractivity contribution in [3.05, 3.63) is 28.8 Å². The number of carbonyl (C=O) groups is 1. The first kappa shape index (κ1) is 18.7. The predicted octanol–water partition coefficient (Wildman–Crippen LogP) is 4.81. The molecule has 0 bridgehead atoms. The third-order valence-electron chi connectivity index (χ3n) is 2.23. The van der Waals surface area contributed by atoms with Gasteiger partial charge in [0.2, 0.25) is 0 Å². The Morgan fingerprint density at radius 2 is 1.64 bits per heavy atom. The van der Waals surface area contributed by atoms with E-state index < -0.39 is 17.2 Å². The molecule has 4 nitrogen and oxygen atoms in total. The molecular formula is C16H22ClNO3S. The highest BCUT2D eigenvalue weighted by Gasteiger charge is 2.21. The summed E-state index contributed by atoms with van der Waals surface area (Å²) < 4.78 is 10.9. The van der Waals surface area contributed by atoms with Gasteiger partial charge in [0.25, 0.3) is 5.17 Å². The molecule has 0 aliphatic carbocycles. The number of nitrogens with one attached hydrogen (secondary N) is 1. The Balaban J connectivity index is 2.91. The lowest BCUT2D eigenvalue weighted by Gasteiger charge is -2.22. The highest BCUT2D eigenvalue weighted by Crippen LogP contribution is 2.24. The van der Waals surface area contributed by atoms with Gasteiger partial charge in [-0.3, -0.25) is 0 Å². The van der Waals surface area contributed by atoms with Crippen LogP contribution < -0.4 is 5.32 Å². The molecule has 0 heterocycles. The summed E-state index contributed by atoms with van der Waals surface area (Å²) in [6.45, 7) is 11.1. The third-order valence-corrected chi connectivity index (χ3v) is 2.75. The second-order valence-corrected chi connectivity index (χ2v) is 7.60. The number of hydrogen-bond donors (Lipinski definition) is 1. The van der Waals surface area contributed by atoms with Crippen LogP contribution in [0.1, 0.15) is 51.9 Å². The van der Waals surface area contributed by atoms with Crippen molar-refractivity contribution in [1.82, 2.24) is 0 Å². The van der Waals surface area contributed by atoms with Crippen LogP contribution in [0.3, 0.4) is 0 Å². The molecule has 0 amide bonds. The van der Waals surface area contributed by atoms with Gasteiger partial charge in [-0.1, -0.05) is 11.6 Å². The van der Waals surface area contributed by atoms with Gasteiger partial charge in [0.05, 0.1) is 10.6 Å². The standard InChI is InChI=1S/C16H22ClNO3S/c1-15(2,3)20-13(19)11-9-10(7-8-12(11)17)18-14(22)21-16(4,5)6/h7-9H,1-6H3,(H,18,22). The third kappa shape index (κ3) is 6.62. The van der Waals surface area contributed by atoms with E-state index in [4.69, 9.17) is 33.3 Å². The van der Waals surface area contributed by atoms with Gasteiger partial charge in [0, 0.05) is 5.69 Å². The second-order valence-electron chi connectivity index (χ2n) is 6.82. The lowest BCUT2D eigenvalue weighted by molar-refractivity contribution is 0.00697. The van der Waals surface area contributed by atoms with E-state index in [2.05, 4.69) is 5.32 Å². The summed E-state index contributed by atoms with van der Waals surface area (Å²) in [5.74, 6) is -0.483. The van der Waals surface area contributed by atoms with Crippen LogP contribution in [0.25, 0.3) is 0 Å². The van der Waals surface area contributed by atoms with Crippen LogP contribution in [0.4, 0.5) is 5.69 Å². The fourth-order valence-corrected chi connectivity index (χ4v) is 2.08. The van der Waals surface area contributed by atoms with E-state index in [1.165, 1.54) is 0 Å². The van der Waals surface area contributed by atoms with Gasteiger partial charge in [-0.25, -0.2) is 4.79 Å². The summed E-state index contributed by atoms with van der Waals surface area (Å²) in [6.07, 6.45) is 0. The van der Waals surface area contributed by atoms with Gasteiger partial charge in [-0.05, 0) is 72.0 Å². The van der Waals surface area contributed by atoms with E-state index >= 15 is 0 Å². The highest BCUT2D eigenvalue weighted by molar-refractivity contribution is 7.80. The van der Waals surface area contributed by atoms with Gasteiger partial charge in [-0.15, -0.1) is 0 Å². The first-order chi connectivity index (χ1) is 9.87. The molecule has 6 heteroatoms. The largest absolute Gasteiger partial charge is 0.465 e. The second kappa shape index (κ2) is 6.84. The van der Waals surface area contributed by atoms with Crippen LogP contribution >= 0.6 is 23.8 Å². The van der Waals surface area contributed by atoms with Gasteiger partial charge >= 0.3 is 5.97 Å². The van der Waals surface area contributed by atoms with Crippen LogP contribution in [-0.2, 0) is 9.47 Å². The number of benzene rings is 1. The van der Waals surface area contributed by atoms with Gasteiger partial charge in [0.1, 0.15) is 11.2 Å². The van der Waals surface area contributed by atoms with Crippen molar-refractivity contribution in [2.45, 2.75) is 52.7 Å². The molecule has 0 unspecified atom stereocenters. The molecule has 1 rings (SSSR count). The molecule has 0 fully saturated rings. The number of ether oxygens (including phenoxy) is 2. The van der Waals surface area contributed by atoms with E-state index in [0.29, 0.717) is 10.7 Å². The molecule has 0 saturated heterocycles. The Bertz CT molecular complexity index is 574. The summed E-state index contributed by atoms with van der Waals surface area (Å²) in [7, 11) is 0. The van der Waals surface area contributed by atoms with E-state index in [1.54, 1.807) is 39.0 Å². The maximum absolute atomic E-state index is 12.1. The molecule has 0 aliphatic heterocycles. The van der Waals surface area contributed by atoms with Crippen molar-refractivity contribution in [3.63, 3.8) is 0 Å². The zero-order valence-corrected chi connectivity index (χ0v) is 15.3. The van der Waals surface area contributed by atoms with Gasteiger partial charge in [0.15, 0.2) is 0 Å². The summed E-state index contributed by atoms with van der Waals surface area (Å²) in [5.41, 5.74) is -0.0985. The molecule has 0 spiro atoms. The molecule has 1 N–H and O–H groups in total. The first-order valence-corrected chi connectivity index (χ1v) is 7.69. The predicted molar refractivity (Wildman–Crippen MR) is 93.7 cm³/mol. The quantitative estimate of drug-likeness (QED) is 0.617. The van der Waals surface area contributed by atoms with Crippen molar-refractivity contribution < 1.29 is 14.3 Å². The molecule has 0 aliphatic rings. The molecule has 1 aromatic rings. The number of thiocarbonyl (C=S) groups is 1. The minimum absolute atomic E-state index is 0.227. The highest BCUT2D eigenvalue weighted by atomic mass is 35.5. The minimum atomic E-state index is -0.589. The van der Waals surface area contributed by atoms with Crippen molar-refractivity contribution in [2.75, 3.05) is 5.32 Å². The van der Waals surface area contributed by atoms with Crippen LogP contribution in [0, 0.1) is 0 Å². The summed E-state index contributed by atoms with van der Waals surface area (Å²) in [6, 6.07) is 4.92. The molecule has 0 radical (unpaired) electrons. The minimum Gasteiger partial charge on any atom is -0.465 e. The smallest absolute Gasteiger partial charge is 0.340 e. The Morgan fingerprint density at radius 3 is 2.14 bits per heavy atom. The topological polar surface area (TPSA) is 47.6 Å². The molecule has 1 aromatic carbocycles. The van der Waals surface area contributed by atoms with E-state index in [9.17, 15) is 4.79 Å². The van der Waals surface area contributed by atoms with E-state index in [1.807, 2.05) is 20.8 Å². The molecule has 0 saturated carbocycles. The fraction of sp³-hybridized carbons (Fsp3) is 0.500. The zero-order chi connectivity index (χ0) is 17.1. The summed E-state index contributed by atoms with van der Waals surface area (Å²) >= 11 is 11.2. The van der Waals surface area contributed by atoms with Crippen LogP contribution in [-0.4, -0.2) is 22.3 Å². The first-order valence-electron chi connectivity index (χ1n) is 6.90. The van der Waals surface area contributed by atoms with Crippen molar-refractivity contribution in [2.24, 2.45) is 0 Å². The van der Waals surface area contributed by atoms with Crippen molar-refractivity contribution in [1.29, 1.82) is 0 Å².